The Morgan fingerprint density at radius 2 is 2.29 bits per heavy atom. The van der Waals surface area contributed by atoms with Gasteiger partial charge in [-0.1, -0.05) is 6.07 Å². The Labute approximate surface area is 99.9 Å². The third kappa shape index (κ3) is 3.60. The standard InChI is InChI=1S/C11H16N6/c1-17-15-11(14-16-17)8-9(12)5-6-10-4-2-3-7-13-10/h2-4,7,9H,5-6,8,12H2,1H3. The number of aryl methyl sites for hydroxylation is 2. The van der Waals surface area contributed by atoms with Crippen molar-refractivity contribution < 1.29 is 0 Å². The minimum atomic E-state index is 0.0428. The van der Waals surface area contributed by atoms with E-state index in [-0.39, 0.29) is 6.04 Å². The van der Waals surface area contributed by atoms with Crippen molar-refractivity contribution in [3.8, 4) is 0 Å². The molecule has 0 bridgehead atoms. The summed E-state index contributed by atoms with van der Waals surface area (Å²) in [5.74, 6) is 0.695. The summed E-state index contributed by atoms with van der Waals surface area (Å²) < 4.78 is 0. The van der Waals surface area contributed by atoms with E-state index in [0.29, 0.717) is 12.2 Å². The third-order valence-corrected chi connectivity index (χ3v) is 2.49. The van der Waals surface area contributed by atoms with Crippen molar-refractivity contribution in [1.29, 1.82) is 0 Å². The van der Waals surface area contributed by atoms with E-state index in [9.17, 15) is 0 Å². The molecule has 6 heteroatoms. The van der Waals surface area contributed by atoms with Gasteiger partial charge in [-0.05, 0) is 30.2 Å². The van der Waals surface area contributed by atoms with Gasteiger partial charge < -0.3 is 5.73 Å². The lowest BCUT2D eigenvalue weighted by molar-refractivity contribution is 0.583. The summed E-state index contributed by atoms with van der Waals surface area (Å²) in [5.41, 5.74) is 7.08. The highest BCUT2D eigenvalue weighted by molar-refractivity contribution is 5.03. The molecule has 0 radical (unpaired) electrons. The van der Waals surface area contributed by atoms with Crippen molar-refractivity contribution in [2.45, 2.75) is 25.3 Å². The molecule has 90 valence electrons. The molecule has 2 N–H and O–H groups in total. The van der Waals surface area contributed by atoms with Crippen LogP contribution in [-0.4, -0.2) is 31.2 Å². The van der Waals surface area contributed by atoms with E-state index in [1.165, 1.54) is 4.80 Å². The first-order valence-electron chi connectivity index (χ1n) is 5.62. The van der Waals surface area contributed by atoms with Crippen molar-refractivity contribution in [2.24, 2.45) is 12.8 Å². The highest BCUT2D eigenvalue weighted by Crippen LogP contribution is 2.03. The lowest BCUT2D eigenvalue weighted by Gasteiger charge is -2.08. The maximum Gasteiger partial charge on any atom is 0.176 e. The zero-order valence-corrected chi connectivity index (χ0v) is 9.82. The molecule has 0 spiro atoms. The number of nitrogens with two attached hydrogens (primary N) is 1. The topological polar surface area (TPSA) is 82.5 Å². The molecule has 0 aliphatic heterocycles. The van der Waals surface area contributed by atoms with Gasteiger partial charge in [0.05, 0.1) is 7.05 Å². The summed E-state index contributed by atoms with van der Waals surface area (Å²) in [6.45, 7) is 0. The molecule has 0 fully saturated rings. The van der Waals surface area contributed by atoms with Crippen molar-refractivity contribution >= 4 is 0 Å². The Kier molecular flexibility index (Phi) is 3.77. The van der Waals surface area contributed by atoms with E-state index in [4.69, 9.17) is 5.73 Å². The summed E-state index contributed by atoms with van der Waals surface area (Å²) in [7, 11) is 1.75. The molecule has 0 aliphatic rings. The quantitative estimate of drug-likeness (QED) is 0.791. The molecule has 0 amide bonds. The second kappa shape index (κ2) is 5.49. The predicted octanol–water partition coefficient (Wildman–Crippen LogP) is 0.108. The van der Waals surface area contributed by atoms with Crippen LogP contribution < -0.4 is 5.73 Å². The van der Waals surface area contributed by atoms with Crippen molar-refractivity contribution in [3.05, 3.63) is 35.9 Å². The maximum atomic E-state index is 6.02. The summed E-state index contributed by atoms with van der Waals surface area (Å²) >= 11 is 0. The van der Waals surface area contributed by atoms with Gasteiger partial charge in [0.15, 0.2) is 5.82 Å². The van der Waals surface area contributed by atoms with Crippen LogP contribution in [0.5, 0.6) is 0 Å². The SMILES string of the molecule is Cn1nnc(CC(N)CCc2ccccn2)n1. The molecular formula is C11H16N6. The van der Waals surface area contributed by atoms with Crippen LogP contribution in [0.4, 0.5) is 0 Å². The number of hydrogen-bond donors (Lipinski definition) is 1. The highest BCUT2D eigenvalue weighted by atomic mass is 15.6. The van der Waals surface area contributed by atoms with Crippen LogP contribution in [0.25, 0.3) is 0 Å². The predicted molar refractivity (Wildman–Crippen MR) is 63.0 cm³/mol. The summed E-state index contributed by atoms with van der Waals surface area (Å²) in [5, 5.41) is 11.8. The van der Waals surface area contributed by atoms with E-state index in [2.05, 4.69) is 20.4 Å². The number of pyridine rings is 1. The molecule has 2 rings (SSSR count). The molecule has 1 unspecified atom stereocenters. The van der Waals surface area contributed by atoms with Gasteiger partial charge in [-0.2, -0.15) is 4.80 Å². The molecule has 0 saturated heterocycles. The van der Waals surface area contributed by atoms with Gasteiger partial charge in [0.1, 0.15) is 0 Å². The number of aromatic nitrogens is 5. The van der Waals surface area contributed by atoms with Gasteiger partial charge in [-0.15, -0.1) is 10.2 Å². The Morgan fingerprint density at radius 3 is 2.94 bits per heavy atom. The van der Waals surface area contributed by atoms with Crippen LogP contribution in [-0.2, 0) is 19.9 Å². The monoisotopic (exact) mass is 232 g/mol. The lowest BCUT2D eigenvalue weighted by Crippen LogP contribution is -2.24. The van der Waals surface area contributed by atoms with Crippen LogP contribution in [0.3, 0.4) is 0 Å². The second-order valence-corrected chi connectivity index (χ2v) is 4.02. The molecule has 2 aromatic heterocycles. The fraction of sp³-hybridized carbons (Fsp3) is 0.455. The van der Waals surface area contributed by atoms with Gasteiger partial charge >= 0.3 is 0 Å². The molecule has 0 aliphatic carbocycles. The van der Waals surface area contributed by atoms with Crippen LogP contribution in [0.2, 0.25) is 0 Å². The smallest absolute Gasteiger partial charge is 0.176 e. The minimum absolute atomic E-state index is 0.0428. The van der Waals surface area contributed by atoms with Crippen LogP contribution in [0, 0.1) is 0 Å². The number of tetrazole rings is 1. The van der Waals surface area contributed by atoms with E-state index in [1.807, 2.05) is 18.2 Å². The zero-order chi connectivity index (χ0) is 12.1. The van der Waals surface area contributed by atoms with E-state index < -0.39 is 0 Å². The van der Waals surface area contributed by atoms with Gasteiger partial charge in [-0.25, -0.2) is 0 Å². The van der Waals surface area contributed by atoms with Crippen LogP contribution >= 0.6 is 0 Å². The molecule has 2 aromatic rings. The van der Waals surface area contributed by atoms with Gasteiger partial charge in [0.2, 0.25) is 0 Å². The van der Waals surface area contributed by atoms with E-state index >= 15 is 0 Å². The zero-order valence-electron chi connectivity index (χ0n) is 9.82. The molecule has 0 aromatic carbocycles. The Hall–Kier alpha value is -1.82. The molecule has 2 heterocycles. The first-order valence-corrected chi connectivity index (χ1v) is 5.62. The number of nitrogens with zero attached hydrogens (tertiary/aromatic N) is 5. The molecule has 6 nitrogen and oxygen atoms in total. The molecular weight excluding hydrogens is 216 g/mol. The van der Waals surface area contributed by atoms with Crippen LogP contribution in [0.15, 0.2) is 24.4 Å². The molecule has 17 heavy (non-hydrogen) atoms. The molecule has 1 atom stereocenters. The average molecular weight is 232 g/mol. The fourth-order valence-electron chi connectivity index (χ4n) is 1.62. The minimum Gasteiger partial charge on any atom is -0.327 e. The summed E-state index contributed by atoms with van der Waals surface area (Å²) in [4.78, 5) is 5.70. The average Bonchev–Trinajstić information content (AvgIpc) is 2.73. The first-order chi connectivity index (χ1) is 8.24. The largest absolute Gasteiger partial charge is 0.327 e. The highest BCUT2D eigenvalue weighted by Gasteiger charge is 2.08. The Morgan fingerprint density at radius 1 is 1.41 bits per heavy atom. The van der Waals surface area contributed by atoms with Gasteiger partial charge in [-0.3, -0.25) is 4.98 Å². The third-order valence-electron chi connectivity index (χ3n) is 2.49. The van der Waals surface area contributed by atoms with E-state index in [0.717, 1.165) is 18.5 Å². The normalized spacial score (nSPS) is 12.6. The van der Waals surface area contributed by atoms with Crippen LogP contribution in [0.1, 0.15) is 17.9 Å². The summed E-state index contributed by atoms with van der Waals surface area (Å²) in [6.07, 6.45) is 4.20. The van der Waals surface area contributed by atoms with Gasteiger partial charge in [0, 0.05) is 24.4 Å². The summed E-state index contributed by atoms with van der Waals surface area (Å²) in [6, 6.07) is 5.94. The maximum absolute atomic E-state index is 6.02. The van der Waals surface area contributed by atoms with Crippen molar-refractivity contribution in [2.75, 3.05) is 0 Å². The first kappa shape index (κ1) is 11.7. The fourth-order valence-corrected chi connectivity index (χ4v) is 1.62. The number of rotatable bonds is 5. The Bertz CT molecular complexity index is 452. The van der Waals surface area contributed by atoms with Crippen molar-refractivity contribution in [1.82, 2.24) is 25.2 Å². The number of hydrogen-bond acceptors (Lipinski definition) is 5. The Balaban J connectivity index is 1.80. The lowest BCUT2D eigenvalue weighted by atomic mass is 10.1. The van der Waals surface area contributed by atoms with E-state index in [1.54, 1.807) is 13.2 Å². The second-order valence-electron chi connectivity index (χ2n) is 4.02. The molecule has 0 saturated carbocycles. The van der Waals surface area contributed by atoms with Gasteiger partial charge in [0.25, 0.3) is 0 Å². The van der Waals surface area contributed by atoms with Crippen molar-refractivity contribution in [3.63, 3.8) is 0 Å².